The van der Waals surface area contributed by atoms with E-state index in [2.05, 4.69) is 0 Å². The van der Waals surface area contributed by atoms with Crippen LogP contribution in [0.1, 0.15) is 12.0 Å². The Morgan fingerprint density at radius 2 is 1.91 bits per heavy atom. The van der Waals surface area contributed by atoms with Crippen molar-refractivity contribution in [3.8, 4) is 0 Å². The summed E-state index contributed by atoms with van der Waals surface area (Å²) in [5.74, 6) is -1.13. The maximum absolute atomic E-state index is 12.8. The molecular formula is C14H14F3NO5. The van der Waals surface area contributed by atoms with Crippen molar-refractivity contribution in [1.29, 1.82) is 0 Å². The molecule has 0 aromatic heterocycles. The van der Waals surface area contributed by atoms with E-state index in [4.69, 9.17) is 9.84 Å². The molecular weight excluding hydrogens is 319 g/mol. The van der Waals surface area contributed by atoms with Crippen molar-refractivity contribution in [2.75, 3.05) is 6.54 Å². The first-order chi connectivity index (χ1) is 10.6. The third-order valence-corrected chi connectivity index (χ3v) is 3.61. The standard InChI is InChI=1S/C14H14F3NO5/c15-14(16,17)13(22)6-10(18(8-13)12(20)21)11(19)23-7-9-4-2-1-3-5-9/h1-5,10,22H,6-8H2,(H,20,21)/t10-,13?/m0/s1. The lowest BCUT2D eigenvalue weighted by Crippen LogP contribution is -2.47. The largest absolute Gasteiger partial charge is 0.465 e. The van der Waals surface area contributed by atoms with Crippen LogP contribution in [-0.2, 0) is 16.1 Å². The van der Waals surface area contributed by atoms with Gasteiger partial charge in [0.25, 0.3) is 0 Å². The van der Waals surface area contributed by atoms with Crippen LogP contribution in [0.2, 0.25) is 0 Å². The lowest BCUT2D eigenvalue weighted by molar-refractivity contribution is -0.253. The number of nitrogens with zero attached hydrogens (tertiary/aromatic N) is 1. The van der Waals surface area contributed by atoms with Gasteiger partial charge < -0.3 is 14.9 Å². The van der Waals surface area contributed by atoms with Crippen LogP contribution in [-0.4, -0.2) is 51.5 Å². The number of esters is 1. The molecule has 0 spiro atoms. The number of rotatable bonds is 3. The molecule has 1 aliphatic heterocycles. The highest BCUT2D eigenvalue weighted by Crippen LogP contribution is 2.40. The molecule has 0 radical (unpaired) electrons. The number of carbonyl (C=O) groups is 2. The number of ether oxygens (including phenoxy) is 1. The Morgan fingerprint density at radius 1 is 1.30 bits per heavy atom. The maximum atomic E-state index is 12.8. The minimum absolute atomic E-state index is 0.200. The summed E-state index contributed by atoms with van der Waals surface area (Å²) in [6.07, 6.45) is -7.86. The van der Waals surface area contributed by atoms with Gasteiger partial charge in [-0.25, -0.2) is 9.59 Å². The van der Waals surface area contributed by atoms with E-state index in [-0.39, 0.29) is 11.5 Å². The van der Waals surface area contributed by atoms with E-state index in [1.807, 2.05) is 0 Å². The third-order valence-electron chi connectivity index (χ3n) is 3.61. The zero-order chi connectivity index (χ0) is 17.3. The van der Waals surface area contributed by atoms with Gasteiger partial charge >= 0.3 is 18.2 Å². The molecule has 2 rings (SSSR count). The van der Waals surface area contributed by atoms with E-state index in [9.17, 15) is 27.9 Å². The molecule has 9 heteroatoms. The first-order valence-electron chi connectivity index (χ1n) is 6.63. The monoisotopic (exact) mass is 333 g/mol. The lowest BCUT2D eigenvalue weighted by Gasteiger charge is -2.24. The van der Waals surface area contributed by atoms with Crippen LogP contribution >= 0.6 is 0 Å². The molecule has 1 aromatic rings. The molecule has 1 aromatic carbocycles. The average molecular weight is 333 g/mol. The SMILES string of the molecule is O=C(OCc1ccccc1)[C@@H]1CC(O)(C(F)(F)F)CN1C(=O)O. The first kappa shape index (κ1) is 17.1. The summed E-state index contributed by atoms with van der Waals surface area (Å²) in [4.78, 5) is 23.2. The number of benzene rings is 1. The quantitative estimate of drug-likeness (QED) is 0.824. The highest BCUT2D eigenvalue weighted by molar-refractivity contribution is 5.82. The summed E-state index contributed by atoms with van der Waals surface area (Å²) in [5, 5.41) is 18.6. The summed E-state index contributed by atoms with van der Waals surface area (Å²) in [5.41, 5.74) is -2.66. The Kier molecular flexibility index (Phi) is 4.51. The number of carboxylic acid groups (broad SMARTS) is 1. The average Bonchev–Trinajstić information content (AvgIpc) is 2.85. The van der Waals surface area contributed by atoms with Crippen molar-refractivity contribution in [1.82, 2.24) is 4.90 Å². The molecule has 0 aliphatic carbocycles. The number of amides is 1. The second kappa shape index (κ2) is 6.07. The number of β-amino-alcohol motifs (C(OH)–C–C–N with tert-alkyl or cyclic N) is 1. The van der Waals surface area contributed by atoms with Gasteiger partial charge in [0.05, 0.1) is 6.54 Å². The van der Waals surface area contributed by atoms with Crippen molar-refractivity contribution < 1.29 is 37.7 Å². The van der Waals surface area contributed by atoms with Crippen LogP contribution < -0.4 is 0 Å². The van der Waals surface area contributed by atoms with Crippen LogP contribution in [0.25, 0.3) is 0 Å². The van der Waals surface area contributed by atoms with Crippen LogP contribution in [0.4, 0.5) is 18.0 Å². The second-order valence-electron chi connectivity index (χ2n) is 5.25. The number of carbonyl (C=O) groups excluding carboxylic acids is 1. The number of alkyl halides is 3. The van der Waals surface area contributed by atoms with Crippen molar-refractivity contribution >= 4 is 12.1 Å². The fraction of sp³-hybridized carbons (Fsp3) is 0.429. The molecule has 1 amide bonds. The highest BCUT2D eigenvalue weighted by atomic mass is 19.4. The van der Waals surface area contributed by atoms with Crippen LogP contribution in [0.5, 0.6) is 0 Å². The third kappa shape index (κ3) is 3.55. The summed E-state index contributed by atoms with van der Waals surface area (Å²) < 4.78 is 43.4. The highest BCUT2D eigenvalue weighted by Gasteiger charge is 2.62. The number of hydrogen-bond acceptors (Lipinski definition) is 4. The van der Waals surface area contributed by atoms with Gasteiger partial charge in [0, 0.05) is 6.42 Å². The van der Waals surface area contributed by atoms with Gasteiger partial charge in [0.2, 0.25) is 0 Å². The van der Waals surface area contributed by atoms with Crippen molar-refractivity contribution in [2.45, 2.75) is 30.8 Å². The van der Waals surface area contributed by atoms with Crippen molar-refractivity contribution in [3.05, 3.63) is 35.9 Å². The van der Waals surface area contributed by atoms with Crippen LogP contribution in [0.15, 0.2) is 30.3 Å². The van der Waals surface area contributed by atoms with E-state index in [0.717, 1.165) is 0 Å². The molecule has 6 nitrogen and oxygen atoms in total. The Labute approximate surface area is 129 Å². The predicted molar refractivity (Wildman–Crippen MR) is 70.4 cm³/mol. The van der Waals surface area contributed by atoms with Gasteiger partial charge in [-0.2, -0.15) is 13.2 Å². The Bertz CT molecular complexity index is 592. The molecule has 2 N–H and O–H groups in total. The lowest BCUT2D eigenvalue weighted by atomic mass is 10.00. The molecule has 0 saturated carbocycles. The molecule has 1 unspecified atom stereocenters. The van der Waals surface area contributed by atoms with E-state index >= 15 is 0 Å². The van der Waals surface area contributed by atoms with Crippen molar-refractivity contribution in [2.24, 2.45) is 0 Å². The summed E-state index contributed by atoms with van der Waals surface area (Å²) in [7, 11) is 0. The molecule has 2 atom stereocenters. The second-order valence-corrected chi connectivity index (χ2v) is 5.25. The van der Waals surface area contributed by atoms with Crippen molar-refractivity contribution in [3.63, 3.8) is 0 Å². The van der Waals surface area contributed by atoms with Gasteiger partial charge in [-0.1, -0.05) is 30.3 Å². The van der Waals surface area contributed by atoms with E-state index in [1.54, 1.807) is 30.3 Å². The molecule has 23 heavy (non-hydrogen) atoms. The summed E-state index contributed by atoms with van der Waals surface area (Å²) in [6.45, 7) is -1.43. The minimum atomic E-state index is -5.05. The number of likely N-dealkylation sites (tertiary alicyclic amines) is 1. The molecule has 0 bridgehead atoms. The minimum Gasteiger partial charge on any atom is -0.465 e. The Balaban J connectivity index is 2.09. The first-order valence-corrected chi connectivity index (χ1v) is 6.63. The topological polar surface area (TPSA) is 87.1 Å². The van der Waals surface area contributed by atoms with E-state index < -0.39 is 42.8 Å². The summed E-state index contributed by atoms with van der Waals surface area (Å²) in [6, 6.07) is 6.68. The number of hydrogen-bond donors (Lipinski definition) is 2. The van der Waals surface area contributed by atoms with E-state index in [0.29, 0.717) is 5.56 Å². The van der Waals surface area contributed by atoms with Gasteiger partial charge in [-0.15, -0.1) is 0 Å². The number of aliphatic hydroxyl groups is 1. The molecule has 1 saturated heterocycles. The van der Waals surface area contributed by atoms with Gasteiger partial charge in [-0.3, -0.25) is 4.90 Å². The Morgan fingerprint density at radius 3 is 2.43 bits per heavy atom. The van der Waals surface area contributed by atoms with Gasteiger partial charge in [0.1, 0.15) is 12.6 Å². The van der Waals surface area contributed by atoms with Gasteiger partial charge in [-0.05, 0) is 5.56 Å². The van der Waals surface area contributed by atoms with Crippen LogP contribution in [0, 0.1) is 0 Å². The Hall–Kier alpha value is -2.29. The zero-order valence-electron chi connectivity index (χ0n) is 11.8. The fourth-order valence-electron chi connectivity index (χ4n) is 2.33. The molecule has 1 heterocycles. The van der Waals surface area contributed by atoms with E-state index in [1.165, 1.54) is 0 Å². The zero-order valence-corrected chi connectivity index (χ0v) is 11.8. The van der Waals surface area contributed by atoms with Crippen LogP contribution in [0.3, 0.4) is 0 Å². The smallest absolute Gasteiger partial charge is 0.419 e. The summed E-state index contributed by atoms with van der Waals surface area (Å²) >= 11 is 0. The maximum Gasteiger partial charge on any atom is 0.419 e. The fourth-order valence-corrected chi connectivity index (χ4v) is 2.33. The molecule has 1 aliphatic rings. The van der Waals surface area contributed by atoms with Gasteiger partial charge in [0.15, 0.2) is 5.60 Å². The normalized spacial score (nSPS) is 24.5. The molecule has 126 valence electrons. The number of halogens is 3. The molecule has 1 fully saturated rings. The predicted octanol–water partition coefficient (Wildman–Crippen LogP) is 1.78.